The van der Waals surface area contributed by atoms with Crippen molar-refractivity contribution in [1.29, 1.82) is 0 Å². The highest BCUT2D eigenvalue weighted by molar-refractivity contribution is 5.86. The second-order valence-electron chi connectivity index (χ2n) is 9.43. The first-order valence-corrected chi connectivity index (χ1v) is 11.7. The van der Waals surface area contributed by atoms with Gasteiger partial charge in [0.25, 0.3) is 0 Å². The molecule has 0 fully saturated rings. The molecule has 0 radical (unpaired) electrons. The molecule has 172 valence electrons. The van der Waals surface area contributed by atoms with Crippen molar-refractivity contribution in [3.05, 3.63) is 77.4 Å². The van der Waals surface area contributed by atoms with Crippen molar-refractivity contribution in [1.82, 2.24) is 0 Å². The van der Waals surface area contributed by atoms with Crippen molar-refractivity contribution in [2.24, 2.45) is 4.99 Å². The molecule has 4 rings (SSSR count). The van der Waals surface area contributed by atoms with Crippen LogP contribution in [-0.2, 0) is 0 Å². The fourth-order valence-electron chi connectivity index (χ4n) is 4.96. The van der Waals surface area contributed by atoms with Gasteiger partial charge in [0.2, 0.25) is 0 Å². The van der Waals surface area contributed by atoms with Crippen LogP contribution in [0.3, 0.4) is 0 Å². The molecule has 0 spiro atoms. The molecule has 0 amide bonds. The molecule has 1 heterocycles. The van der Waals surface area contributed by atoms with Gasteiger partial charge in [0.05, 0.1) is 12.8 Å². The van der Waals surface area contributed by atoms with E-state index >= 15 is 0 Å². The van der Waals surface area contributed by atoms with Crippen LogP contribution in [0.2, 0.25) is 0 Å². The minimum atomic E-state index is 0.177. The summed E-state index contributed by atoms with van der Waals surface area (Å²) in [6.07, 6.45) is 3.13. The predicted octanol–water partition coefficient (Wildman–Crippen LogP) is 7.66. The van der Waals surface area contributed by atoms with Crippen molar-refractivity contribution in [2.45, 2.75) is 52.5 Å². The molecule has 1 atom stereocenters. The van der Waals surface area contributed by atoms with Gasteiger partial charge in [0.1, 0.15) is 5.75 Å². The second kappa shape index (κ2) is 9.30. The summed E-state index contributed by atoms with van der Waals surface area (Å²) in [5.74, 6) is 2.68. The average Bonchev–Trinajstić information content (AvgIpc) is 2.79. The third-order valence-corrected chi connectivity index (χ3v) is 6.58. The van der Waals surface area contributed by atoms with Crippen molar-refractivity contribution in [2.75, 3.05) is 18.6 Å². The summed E-state index contributed by atoms with van der Waals surface area (Å²) in [5.41, 5.74) is 6.28. The zero-order valence-electron chi connectivity index (χ0n) is 20.6. The van der Waals surface area contributed by atoms with Crippen LogP contribution in [0.25, 0.3) is 0 Å². The molecule has 0 aromatic heterocycles. The fraction of sp³-hybridized carbons (Fsp3) is 0.345. The van der Waals surface area contributed by atoms with Crippen LogP contribution in [0.5, 0.6) is 17.2 Å². The van der Waals surface area contributed by atoms with Crippen LogP contribution in [0.15, 0.2) is 65.7 Å². The number of nitrogens with zero attached hydrogens (tertiary/aromatic N) is 2. The summed E-state index contributed by atoms with van der Waals surface area (Å²) in [7, 11) is 1.64. The van der Waals surface area contributed by atoms with E-state index in [1.165, 1.54) is 22.4 Å². The summed E-state index contributed by atoms with van der Waals surface area (Å²) in [4.78, 5) is 7.28. The van der Waals surface area contributed by atoms with Gasteiger partial charge in [-0.05, 0) is 105 Å². The number of fused-ring (bicyclic) bond motifs is 1. The van der Waals surface area contributed by atoms with E-state index in [1.54, 1.807) is 7.11 Å². The molecule has 0 saturated carbocycles. The Kier molecular flexibility index (Phi) is 6.46. The third kappa shape index (κ3) is 4.75. The Morgan fingerprint density at radius 2 is 1.76 bits per heavy atom. The van der Waals surface area contributed by atoms with Gasteiger partial charge in [-0.2, -0.15) is 0 Å². The van der Waals surface area contributed by atoms with Crippen molar-refractivity contribution < 1.29 is 9.47 Å². The number of hydrogen-bond acceptors (Lipinski definition) is 4. The first-order valence-electron chi connectivity index (χ1n) is 11.7. The van der Waals surface area contributed by atoms with E-state index in [1.807, 2.05) is 54.7 Å². The standard InChI is InChI=1S/C29H34N2O2/c1-7-31-26-16-20(2)22(17-25(26)21(3)18-29(31,4)5)19-30-23-12-14-24(15-13-23)33-28-11-9-8-10-27(28)32-6/h8-17,19,21H,7,18H2,1-6H3. The van der Waals surface area contributed by atoms with Crippen LogP contribution in [-0.4, -0.2) is 25.4 Å². The molecular formula is C29H34N2O2. The van der Waals surface area contributed by atoms with E-state index in [4.69, 9.17) is 14.5 Å². The summed E-state index contributed by atoms with van der Waals surface area (Å²) in [6, 6.07) is 20.1. The average molecular weight is 443 g/mol. The molecule has 1 unspecified atom stereocenters. The lowest BCUT2D eigenvalue weighted by molar-refractivity contribution is 0.379. The minimum absolute atomic E-state index is 0.177. The summed E-state index contributed by atoms with van der Waals surface area (Å²) in [6.45, 7) is 12.5. The number of rotatable bonds is 6. The predicted molar refractivity (Wildman–Crippen MR) is 138 cm³/mol. The maximum Gasteiger partial charge on any atom is 0.169 e. The maximum absolute atomic E-state index is 5.97. The van der Waals surface area contributed by atoms with E-state index in [2.05, 4.69) is 51.7 Å². The van der Waals surface area contributed by atoms with E-state index in [0.29, 0.717) is 17.4 Å². The number of methoxy groups -OCH3 is 1. The third-order valence-electron chi connectivity index (χ3n) is 6.58. The molecule has 33 heavy (non-hydrogen) atoms. The summed E-state index contributed by atoms with van der Waals surface area (Å²) >= 11 is 0. The Labute approximate surface area is 197 Å². The van der Waals surface area contributed by atoms with Crippen LogP contribution in [0.4, 0.5) is 11.4 Å². The molecule has 0 bridgehead atoms. The number of para-hydroxylation sites is 2. The Balaban J connectivity index is 1.54. The molecule has 0 N–H and O–H groups in total. The molecule has 4 nitrogen and oxygen atoms in total. The van der Waals surface area contributed by atoms with Gasteiger partial charge in [-0.15, -0.1) is 0 Å². The lowest BCUT2D eigenvalue weighted by Crippen LogP contribution is -2.48. The highest BCUT2D eigenvalue weighted by atomic mass is 16.5. The molecule has 1 aliphatic rings. The van der Waals surface area contributed by atoms with Gasteiger partial charge in [-0.25, -0.2) is 0 Å². The minimum Gasteiger partial charge on any atom is -0.493 e. The van der Waals surface area contributed by atoms with Crippen LogP contribution < -0.4 is 14.4 Å². The zero-order chi connectivity index (χ0) is 23.6. The smallest absolute Gasteiger partial charge is 0.169 e. The van der Waals surface area contributed by atoms with Gasteiger partial charge in [0.15, 0.2) is 11.5 Å². The van der Waals surface area contributed by atoms with Gasteiger partial charge in [0, 0.05) is 24.0 Å². The summed E-state index contributed by atoms with van der Waals surface area (Å²) < 4.78 is 11.3. The highest BCUT2D eigenvalue weighted by Crippen LogP contribution is 2.44. The first kappa shape index (κ1) is 22.9. The number of anilines is 1. The number of hydrogen-bond donors (Lipinski definition) is 0. The van der Waals surface area contributed by atoms with E-state index in [9.17, 15) is 0 Å². The van der Waals surface area contributed by atoms with Crippen LogP contribution in [0, 0.1) is 6.92 Å². The van der Waals surface area contributed by atoms with Crippen LogP contribution in [0.1, 0.15) is 56.7 Å². The van der Waals surface area contributed by atoms with Gasteiger partial charge < -0.3 is 14.4 Å². The van der Waals surface area contributed by atoms with Crippen LogP contribution >= 0.6 is 0 Å². The second-order valence-corrected chi connectivity index (χ2v) is 9.43. The monoisotopic (exact) mass is 442 g/mol. The first-order chi connectivity index (χ1) is 15.8. The molecule has 0 aliphatic carbocycles. The lowest BCUT2D eigenvalue weighted by Gasteiger charge is -2.47. The van der Waals surface area contributed by atoms with Gasteiger partial charge >= 0.3 is 0 Å². The van der Waals surface area contributed by atoms with E-state index < -0.39 is 0 Å². The van der Waals surface area contributed by atoms with Crippen molar-refractivity contribution in [3.8, 4) is 17.2 Å². The molecular weight excluding hydrogens is 408 g/mol. The zero-order valence-corrected chi connectivity index (χ0v) is 20.6. The number of benzene rings is 3. The molecule has 4 heteroatoms. The number of ether oxygens (including phenoxy) is 2. The topological polar surface area (TPSA) is 34.1 Å². The Bertz CT molecular complexity index is 1150. The Morgan fingerprint density at radius 3 is 2.42 bits per heavy atom. The molecule has 1 aliphatic heterocycles. The van der Waals surface area contributed by atoms with Crippen molar-refractivity contribution in [3.63, 3.8) is 0 Å². The van der Waals surface area contributed by atoms with Crippen molar-refractivity contribution >= 4 is 17.6 Å². The quantitative estimate of drug-likeness (QED) is 0.368. The molecule has 0 saturated heterocycles. The summed E-state index contributed by atoms with van der Waals surface area (Å²) in [5, 5.41) is 0. The van der Waals surface area contributed by atoms with Gasteiger partial charge in [-0.3, -0.25) is 4.99 Å². The largest absolute Gasteiger partial charge is 0.493 e. The Morgan fingerprint density at radius 1 is 1.06 bits per heavy atom. The van der Waals surface area contributed by atoms with E-state index in [0.717, 1.165) is 24.4 Å². The van der Waals surface area contributed by atoms with Gasteiger partial charge in [-0.1, -0.05) is 19.1 Å². The number of aliphatic imine (C=N–C) groups is 1. The Hall–Kier alpha value is -3.27. The maximum atomic E-state index is 5.97. The number of aryl methyl sites for hydroxylation is 1. The molecule has 3 aromatic rings. The molecule has 3 aromatic carbocycles. The highest BCUT2D eigenvalue weighted by Gasteiger charge is 2.35. The fourth-order valence-corrected chi connectivity index (χ4v) is 4.96. The van der Waals surface area contributed by atoms with E-state index in [-0.39, 0.29) is 5.54 Å². The normalized spacial score (nSPS) is 17.2. The lowest BCUT2D eigenvalue weighted by atomic mass is 9.79. The SMILES string of the molecule is CCN1c2cc(C)c(C=Nc3ccc(Oc4ccccc4OC)cc3)cc2C(C)CC1(C)C.